The number of nitrogens with zero attached hydrogens (tertiary/aromatic N) is 1. The van der Waals surface area contributed by atoms with E-state index in [-0.39, 0.29) is 5.91 Å². The Balaban J connectivity index is 1.49. The van der Waals surface area contributed by atoms with E-state index in [0.29, 0.717) is 6.54 Å². The minimum absolute atomic E-state index is 0.0171. The third-order valence-corrected chi connectivity index (χ3v) is 5.35. The standard InChI is InChI=1S/C23H27N3O/c1-26(2)15-17-12-10-16(11-13-17)14-24-23(27)20-8-5-7-19-18-6-3-4-9-21(18)25-22(19)20/h5,7-8,10-13,25H,3-4,6,9,14-15H2,1-2H3,(H,24,27). The number of nitrogens with one attached hydrogen (secondary N) is 2. The summed E-state index contributed by atoms with van der Waals surface area (Å²) in [7, 11) is 4.13. The molecule has 1 amide bonds. The number of carbonyl (C=O) groups excluding carboxylic acids is 1. The van der Waals surface area contributed by atoms with Gasteiger partial charge < -0.3 is 15.2 Å². The maximum Gasteiger partial charge on any atom is 0.253 e. The van der Waals surface area contributed by atoms with Gasteiger partial charge in [0.05, 0.1) is 11.1 Å². The fraction of sp³-hybridized carbons (Fsp3) is 0.348. The SMILES string of the molecule is CN(C)Cc1ccc(CNC(=O)c2cccc3c4c([nH]c23)CCCC4)cc1. The van der Waals surface area contributed by atoms with Crippen molar-refractivity contribution >= 4 is 16.8 Å². The highest BCUT2D eigenvalue weighted by Gasteiger charge is 2.19. The van der Waals surface area contributed by atoms with E-state index in [1.807, 2.05) is 12.1 Å². The monoisotopic (exact) mass is 361 g/mol. The quantitative estimate of drug-likeness (QED) is 0.720. The Labute approximate surface area is 160 Å². The maximum absolute atomic E-state index is 12.8. The first-order chi connectivity index (χ1) is 13.1. The second-order valence-corrected chi connectivity index (χ2v) is 7.75. The van der Waals surface area contributed by atoms with E-state index in [2.05, 4.69) is 59.6 Å². The summed E-state index contributed by atoms with van der Waals surface area (Å²) in [5.74, 6) is -0.0171. The van der Waals surface area contributed by atoms with Crippen LogP contribution in [0.3, 0.4) is 0 Å². The average molecular weight is 361 g/mol. The molecule has 0 saturated carbocycles. The van der Waals surface area contributed by atoms with Crippen LogP contribution in [0.25, 0.3) is 10.9 Å². The number of rotatable bonds is 5. The summed E-state index contributed by atoms with van der Waals surface area (Å²) >= 11 is 0. The summed E-state index contributed by atoms with van der Waals surface area (Å²) in [6.07, 6.45) is 4.66. The molecule has 1 aliphatic rings. The second kappa shape index (κ2) is 7.57. The molecule has 4 nitrogen and oxygen atoms in total. The molecule has 1 heterocycles. The predicted molar refractivity (Wildman–Crippen MR) is 110 cm³/mol. The molecule has 3 aromatic rings. The van der Waals surface area contributed by atoms with E-state index in [1.165, 1.54) is 35.0 Å². The molecule has 0 atom stereocenters. The van der Waals surface area contributed by atoms with Gasteiger partial charge in [-0.15, -0.1) is 0 Å². The van der Waals surface area contributed by atoms with Gasteiger partial charge in [0.2, 0.25) is 0 Å². The first-order valence-corrected chi connectivity index (χ1v) is 9.75. The minimum Gasteiger partial charge on any atom is -0.358 e. The lowest BCUT2D eigenvalue weighted by atomic mass is 9.95. The zero-order valence-corrected chi connectivity index (χ0v) is 16.1. The van der Waals surface area contributed by atoms with Gasteiger partial charge in [-0.25, -0.2) is 0 Å². The van der Waals surface area contributed by atoms with Crippen LogP contribution in [-0.4, -0.2) is 29.9 Å². The van der Waals surface area contributed by atoms with Crippen molar-refractivity contribution in [3.05, 3.63) is 70.4 Å². The van der Waals surface area contributed by atoms with Gasteiger partial charge >= 0.3 is 0 Å². The summed E-state index contributed by atoms with van der Waals surface area (Å²) in [6, 6.07) is 14.5. The molecular weight excluding hydrogens is 334 g/mol. The Morgan fingerprint density at radius 3 is 2.56 bits per heavy atom. The Kier molecular flexibility index (Phi) is 4.99. The van der Waals surface area contributed by atoms with Gasteiger partial charge in [0.25, 0.3) is 5.91 Å². The molecule has 0 bridgehead atoms. The van der Waals surface area contributed by atoms with Crippen LogP contribution in [0.5, 0.6) is 0 Å². The Bertz CT molecular complexity index is 954. The van der Waals surface area contributed by atoms with Gasteiger partial charge in [-0.2, -0.15) is 0 Å². The van der Waals surface area contributed by atoms with Crippen molar-refractivity contribution < 1.29 is 4.79 Å². The zero-order valence-electron chi connectivity index (χ0n) is 16.1. The van der Waals surface area contributed by atoms with Gasteiger partial charge in [0, 0.05) is 24.2 Å². The highest BCUT2D eigenvalue weighted by Crippen LogP contribution is 2.30. The van der Waals surface area contributed by atoms with Crippen LogP contribution in [-0.2, 0) is 25.9 Å². The highest BCUT2D eigenvalue weighted by molar-refractivity contribution is 6.06. The largest absolute Gasteiger partial charge is 0.358 e. The van der Waals surface area contributed by atoms with E-state index in [9.17, 15) is 4.79 Å². The number of para-hydroxylation sites is 1. The summed E-state index contributed by atoms with van der Waals surface area (Å²) in [4.78, 5) is 18.5. The van der Waals surface area contributed by atoms with E-state index in [4.69, 9.17) is 0 Å². The maximum atomic E-state index is 12.8. The summed E-state index contributed by atoms with van der Waals surface area (Å²) in [5.41, 5.74) is 6.84. The van der Waals surface area contributed by atoms with Crippen molar-refractivity contribution in [3.8, 4) is 0 Å². The number of aryl methyl sites for hydroxylation is 2. The molecule has 2 N–H and O–H groups in total. The molecule has 0 saturated heterocycles. The predicted octanol–water partition coefficient (Wildman–Crippen LogP) is 4.04. The van der Waals surface area contributed by atoms with Crippen LogP contribution in [0.4, 0.5) is 0 Å². The molecular formula is C23H27N3O. The van der Waals surface area contributed by atoms with E-state index < -0.39 is 0 Å². The van der Waals surface area contributed by atoms with Crippen molar-refractivity contribution in [3.63, 3.8) is 0 Å². The number of aromatic nitrogens is 1. The summed E-state index contributed by atoms with van der Waals surface area (Å²) in [6.45, 7) is 1.46. The van der Waals surface area contributed by atoms with Gasteiger partial charge in [0.1, 0.15) is 0 Å². The molecule has 0 radical (unpaired) electrons. The van der Waals surface area contributed by atoms with Crippen LogP contribution in [0, 0.1) is 0 Å². The molecule has 4 heteroatoms. The molecule has 1 aliphatic carbocycles. The number of carbonyl (C=O) groups is 1. The van der Waals surface area contributed by atoms with E-state index >= 15 is 0 Å². The topological polar surface area (TPSA) is 48.1 Å². The van der Waals surface area contributed by atoms with Gasteiger partial charge in [-0.3, -0.25) is 4.79 Å². The molecule has 0 unspecified atom stereocenters. The summed E-state index contributed by atoms with van der Waals surface area (Å²) < 4.78 is 0. The van der Waals surface area contributed by atoms with Crippen LogP contribution in [0.15, 0.2) is 42.5 Å². The number of hydrogen-bond acceptors (Lipinski definition) is 2. The fourth-order valence-corrected chi connectivity index (χ4v) is 4.02. The third kappa shape index (κ3) is 3.76. The van der Waals surface area contributed by atoms with E-state index in [0.717, 1.165) is 36.0 Å². The number of benzene rings is 2. The molecule has 140 valence electrons. The van der Waals surface area contributed by atoms with Crippen LogP contribution >= 0.6 is 0 Å². The lowest BCUT2D eigenvalue weighted by Crippen LogP contribution is -2.23. The minimum atomic E-state index is -0.0171. The number of aromatic amines is 1. The number of amides is 1. The molecule has 1 aromatic heterocycles. The van der Waals surface area contributed by atoms with Crippen molar-refractivity contribution in [2.75, 3.05) is 14.1 Å². The lowest BCUT2D eigenvalue weighted by Gasteiger charge is -2.11. The highest BCUT2D eigenvalue weighted by atomic mass is 16.1. The number of hydrogen-bond donors (Lipinski definition) is 2. The average Bonchev–Trinajstić information content (AvgIpc) is 3.05. The number of H-pyrrole nitrogens is 1. The van der Waals surface area contributed by atoms with Gasteiger partial charge in [-0.1, -0.05) is 36.4 Å². The Morgan fingerprint density at radius 1 is 1.04 bits per heavy atom. The van der Waals surface area contributed by atoms with Gasteiger partial charge in [0.15, 0.2) is 0 Å². The molecule has 0 spiro atoms. The lowest BCUT2D eigenvalue weighted by molar-refractivity contribution is 0.0952. The summed E-state index contributed by atoms with van der Waals surface area (Å²) in [5, 5.41) is 4.29. The van der Waals surface area contributed by atoms with Crippen molar-refractivity contribution in [1.82, 2.24) is 15.2 Å². The molecule has 2 aromatic carbocycles. The van der Waals surface area contributed by atoms with Crippen molar-refractivity contribution in [2.24, 2.45) is 0 Å². The third-order valence-electron chi connectivity index (χ3n) is 5.35. The fourth-order valence-electron chi connectivity index (χ4n) is 4.02. The molecule has 0 fully saturated rings. The van der Waals surface area contributed by atoms with Crippen LogP contribution in [0.2, 0.25) is 0 Å². The number of fused-ring (bicyclic) bond motifs is 3. The Hall–Kier alpha value is -2.59. The van der Waals surface area contributed by atoms with Crippen LogP contribution in [0.1, 0.15) is 45.6 Å². The van der Waals surface area contributed by atoms with Crippen molar-refractivity contribution in [1.29, 1.82) is 0 Å². The normalized spacial score (nSPS) is 13.7. The molecule has 27 heavy (non-hydrogen) atoms. The first-order valence-electron chi connectivity index (χ1n) is 9.75. The van der Waals surface area contributed by atoms with Gasteiger partial charge in [-0.05, 0) is 62.5 Å². The van der Waals surface area contributed by atoms with E-state index in [1.54, 1.807) is 0 Å². The zero-order chi connectivity index (χ0) is 18.8. The smallest absolute Gasteiger partial charge is 0.253 e. The molecule has 4 rings (SSSR count). The first kappa shape index (κ1) is 17.8. The van der Waals surface area contributed by atoms with Crippen molar-refractivity contribution in [2.45, 2.75) is 38.8 Å². The Morgan fingerprint density at radius 2 is 1.78 bits per heavy atom. The molecule has 0 aliphatic heterocycles. The van der Waals surface area contributed by atoms with Crippen LogP contribution < -0.4 is 5.32 Å². The second-order valence-electron chi connectivity index (χ2n) is 7.75.